The van der Waals surface area contributed by atoms with E-state index >= 15 is 0 Å². The first-order valence-corrected chi connectivity index (χ1v) is 24.6. The van der Waals surface area contributed by atoms with E-state index in [0.717, 1.165) is 83.2 Å². The number of fused-ring (bicyclic) bond motifs is 7. The van der Waals surface area contributed by atoms with E-state index in [9.17, 15) is 0 Å². The molecule has 5 heterocycles. The highest BCUT2D eigenvalue weighted by Crippen LogP contribution is 2.45. The van der Waals surface area contributed by atoms with Crippen molar-refractivity contribution in [2.24, 2.45) is 0 Å². The van der Waals surface area contributed by atoms with E-state index in [0.29, 0.717) is 40.6 Å². The van der Waals surface area contributed by atoms with Crippen molar-refractivity contribution >= 4 is 43.6 Å². The summed E-state index contributed by atoms with van der Waals surface area (Å²) in [6.07, 6.45) is 1.84. The van der Waals surface area contributed by atoms with Crippen molar-refractivity contribution in [3.05, 3.63) is 249 Å². The number of nitrogens with zero attached hydrogens (tertiary/aromatic N) is 9. The van der Waals surface area contributed by atoms with Crippen molar-refractivity contribution in [3.63, 3.8) is 0 Å². The summed E-state index contributed by atoms with van der Waals surface area (Å²) in [5.74, 6) is 3.29. The summed E-state index contributed by atoms with van der Waals surface area (Å²) in [6.45, 7) is 0. The van der Waals surface area contributed by atoms with E-state index in [4.69, 9.17) is 34.9 Å². The number of rotatable bonds is 9. The molecule has 0 saturated carbocycles. The fraction of sp³-hybridized carbons (Fsp3) is 0. The van der Waals surface area contributed by atoms with Crippen LogP contribution in [-0.4, -0.2) is 44.0 Å². The summed E-state index contributed by atoms with van der Waals surface area (Å²) >= 11 is 0. The molecule has 0 amide bonds. The van der Waals surface area contributed by atoms with Crippen molar-refractivity contribution < 1.29 is 0 Å². The zero-order chi connectivity index (χ0) is 49.0. The molecular weight excluding hydrogens is 907 g/mol. The third-order valence-electron chi connectivity index (χ3n) is 13.7. The van der Waals surface area contributed by atoms with Gasteiger partial charge in [0.1, 0.15) is 0 Å². The quantitative estimate of drug-likeness (QED) is 0.142. The Hall–Kier alpha value is -10.3. The summed E-state index contributed by atoms with van der Waals surface area (Å²) in [7, 11) is 0. The molecule has 0 N–H and O–H groups in total. The zero-order valence-electron chi connectivity index (χ0n) is 39.7. The second-order valence-electron chi connectivity index (χ2n) is 18.1. The summed E-state index contributed by atoms with van der Waals surface area (Å²) in [5, 5.41) is 4.64. The Morgan fingerprint density at radius 1 is 0.284 bits per heavy atom. The van der Waals surface area contributed by atoms with E-state index < -0.39 is 0 Å². The van der Waals surface area contributed by atoms with Gasteiger partial charge in [-0.2, -0.15) is 0 Å². The van der Waals surface area contributed by atoms with Crippen molar-refractivity contribution in [1.29, 1.82) is 0 Å². The summed E-state index contributed by atoms with van der Waals surface area (Å²) in [5.41, 5.74) is 12.9. The first kappa shape index (κ1) is 42.6. The minimum atomic E-state index is 0.492. The van der Waals surface area contributed by atoms with E-state index in [-0.39, 0.29) is 0 Å². The van der Waals surface area contributed by atoms with E-state index in [1.54, 1.807) is 0 Å². The lowest BCUT2D eigenvalue weighted by Gasteiger charge is -2.18. The lowest BCUT2D eigenvalue weighted by atomic mass is 9.99. The van der Waals surface area contributed by atoms with Gasteiger partial charge in [0.05, 0.1) is 33.4 Å². The lowest BCUT2D eigenvalue weighted by Crippen LogP contribution is -2.04. The normalized spacial score (nSPS) is 11.5. The highest BCUT2D eigenvalue weighted by Gasteiger charge is 2.25. The van der Waals surface area contributed by atoms with Gasteiger partial charge in [-0.1, -0.05) is 182 Å². The van der Waals surface area contributed by atoms with Gasteiger partial charge in [-0.25, -0.2) is 29.9 Å². The molecule has 346 valence electrons. The number of aromatic nitrogens is 9. The zero-order valence-corrected chi connectivity index (χ0v) is 39.7. The van der Waals surface area contributed by atoms with Crippen LogP contribution in [0.2, 0.25) is 0 Å². The molecule has 0 unspecified atom stereocenters. The van der Waals surface area contributed by atoms with Crippen LogP contribution in [0.15, 0.2) is 249 Å². The van der Waals surface area contributed by atoms with E-state index in [1.807, 2.05) is 134 Å². The van der Waals surface area contributed by atoms with Crippen LogP contribution in [0.3, 0.4) is 0 Å². The largest absolute Gasteiger partial charge is 0.309 e. The van der Waals surface area contributed by atoms with Crippen molar-refractivity contribution in [2.45, 2.75) is 0 Å². The Balaban J connectivity index is 1.07. The van der Waals surface area contributed by atoms with Gasteiger partial charge < -0.3 is 9.13 Å². The van der Waals surface area contributed by atoms with E-state index in [2.05, 4.69) is 124 Å². The van der Waals surface area contributed by atoms with Crippen LogP contribution in [-0.2, 0) is 0 Å². The number of hydrogen-bond donors (Lipinski definition) is 0. The number of benzene rings is 9. The molecule has 0 saturated heterocycles. The fourth-order valence-corrected chi connectivity index (χ4v) is 10.3. The smallest absolute Gasteiger partial charge is 0.166 e. The SMILES string of the molecule is c1ccc(-c2nc(-c3ccccc3)nc(-c3ccc(-n4c5ccccc5c5c4ccc4c6ccccc6n(-c6ccccc6)c45)c(-c4ncccc4-c4nc(-c5ccccc5)nc(-c5ccccc5)n4)c3)n2)cc1. The maximum Gasteiger partial charge on any atom is 0.166 e. The predicted molar refractivity (Wildman–Crippen MR) is 298 cm³/mol. The third-order valence-corrected chi connectivity index (χ3v) is 13.7. The van der Waals surface area contributed by atoms with Crippen molar-refractivity contribution in [3.8, 4) is 91.0 Å². The van der Waals surface area contributed by atoms with Crippen LogP contribution in [0, 0.1) is 0 Å². The maximum atomic E-state index is 5.29. The Kier molecular flexibility index (Phi) is 10.3. The van der Waals surface area contributed by atoms with Gasteiger partial charge in [0, 0.05) is 72.4 Å². The summed E-state index contributed by atoms with van der Waals surface area (Å²) in [6, 6.07) is 83.3. The van der Waals surface area contributed by atoms with Gasteiger partial charge in [-0.15, -0.1) is 0 Å². The van der Waals surface area contributed by atoms with Crippen LogP contribution in [0.4, 0.5) is 0 Å². The predicted octanol–water partition coefficient (Wildman–Crippen LogP) is 15.3. The molecule has 9 heteroatoms. The molecule has 0 aliphatic rings. The monoisotopic (exact) mass is 947 g/mol. The first-order valence-electron chi connectivity index (χ1n) is 24.6. The molecule has 14 rings (SSSR count). The number of hydrogen-bond acceptors (Lipinski definition) is 7. The van der Waals surface area contributed by atoms with Gasteiger partial charge in [0.15, 0.2) is 34.9 Å². The van der Waals surface area contributed by atoms with Crippen LogP contribution < -0.4 is 0 Å². The molecule has 5 aromatic heterocycles. The van der Waals surface area contributed by atoms with Crippen LogP contribution in [0.1, 0.15) is 0 Å². The number of pyridine rings is 1. The standard InChI is InChI=1S/C65H41N9/c1-6-21-42(22-7-1)60-67-61(43-23-8-2-9-24-43)70-64(69-60)46-36-38-55(52(41-46)58-51(33-20-40-66-58)65-71-62(44-25-10-3-11-26-44)68-63(72-65)45-27-12-4-13-28-45)74-54-35-19-17-32-50(54)57-56(74)39-37-49-48-31-16-18-34-53(48)73(59(49)57)47-29-14-5-15-30-47/h1-41H. The van der Waals surface area contributed by atoms with Crippen LogP contribution >= 0.6 is 0 Å². The van der Waals surface area contributed by atoms with Gasteiger partial charge in [-0.3, -0.25) is 4.98 Å². The molecule has 0 fully saturated rings. The fourth-order valence-electron chi connectivity index (χ4n) is 10.3. The van der Waals surface area contributed by atoms with Crippen molar-refractivity contribution in [1.82, 2.24) is 44.0 Å². The molecule has 0 aliphatic heterocycles. The maximum absolute atomic E-state index is 5.29. The third kappa shape index (κ3) is 7.29. The van der Waals surface area contributed by atoms with Crippen molar-refractivity contribution in [2.75, 3.05) is 0 Å². The van der Waals surface area contributed by atoms with Gasteiger partial charge in [-0.05, 0) is 60.7 Å². The molecule has 9 aromatic carbocycles. The molecule has 74 heavy (non-hydrogen) atoms. The highest BCUT2D eigenvalue weighted by molar-refractivity contribution is 6.26. The average molecular weight is 948 g/mol. The second-order valence-corrected chi connectivity index (χ2v) is 18.1. The topological polar surface area (TPSA) is 100 Å². The molecule has 0 bridgehead atoms. The molecular formula is C65H41N9. The van der Waals surface area contributed by atoms with Gasteiger partial charge in [0.2, 0.25) is 0 Å². The van der Waals surface area contributed by atoms with Crippen LogP contribution in [0.5, 0.6) is 0 Å². The van der Waals surface area contributed by atoms with E-state index in [1.165, 1.54) is 10.8 Å². The molecule has 0 radical (unpaired) electrons. The average Bonchev–Trinajstić information content (AvgIpc) is 4.07. The molecule has 14 aromatic rings. The minimum absolute atomic E-state index is 0.492. The Labute approximate surface area is 425 Å². The summed E-state index contributed by atoms with van der Waals surface area (Å²) < 4.78 is 4.79. The first-order chi connectivity index (χ1) is 36.7. The molecule has 0 spiro atoms. The highest BCUT2D eigenvalue weighted by atomic mass is 15.1. The minimum Gasteiger partial charge on any atom is -0.309 e. The molecule has 0 aliphatic carbocycles. The Bertz CT molecular complexity index is 4290. The van der Waals surface area contributed by atoms with Crippen LogP contribution in [0.25, 0.3) is 135 Å². The second kappa shape index (κ2) is 17.9. The molecule has 9 nitrogen and oxygen atoms in total. The van der Waals surface area contributed by atoms with Gasteiger partial charge in [0.25, 0.3) is 0 Å². The lowest BCUT2D eigenvalue weighted by molar-refractivity contribution is 1.07. The Morgan fingerprint density at radius 2 is 0.743 bits per heavy atom. The number of para-hydroxylation sites is 3. The molecule has 0 atom stereocenters. The van der Waals surface area contributed by atoms with Gasteiger partial charge >= 0.3 is 0 Å². The Morgan fingerprint density at radius 3 is 1.30 bits per heavy atom. The summed E-state index contributed by atoms with van der Waals surface area (Å²) in [4.78, 5) is 36.3.